The van der Waals surface area contributed by atoms with Crippen molar-refractivity contribution in [1.82, 2.24) is 14.5 Å². The molecule has 7 rings (SSSR count). The van der Waals surface area contributed by atoms with E-state index in [1.54, 1.807) is 20.1 Å². The molecule has 2 fully saturated rings. The molecule has 0 aromatic heterocycles. The van der Waals surface area contributed by atoms with Crippen molar-refractivity contribution in [2.24, 2.45) is 17.8 Å². The number of amides is 1. The number of sulfonamides is 1. The van der Waals surface area contributed by atoms with Crippen molar-refractivity contribution in [3.8, 4) is 5.75 Å². The molecule has 2 aromatic carbocycles. The Morgan fingerprint density at radius 1 is 1.04 bits per heavy atom. The van der Waals surface area contributed by atoms with Gasteiger partial charge in [-0.15, -0.1) is 0 Å². The number of hydrogen-bond acceptors (Lipinski definition) is 9. The lowest BCUT2D eigenvalue weighted by Crippen LogP contribution is -2.59. The van der Waals surface area contributed by atoms with Crippen LogP contribution in [0, 0.1) is 17.8 Å². The summed E-state index contributed by atoms with van der Waals surface area (Å²) in [5.41, 5.74) is 2.90. The molecule has 3 heterocycles. The Kier molecular flexibility index (Phi) is 12.0. The average molecular weight is 783 g/mol. The molecule has 2 aromatic rings. The van der Waals surface area contributed by atoms with Gasteiger partial charge in [0.1, 0.15) is 11.4 Å². The quantitative estimate of drug-likeness (QED) is 0.271. The molecule has 1 N–H and O–H groups in total. The zero-order chi connectivity index (χ0) is 38.1. The summed E-state index contributed by atoms with van der Waals surface area (Å²) in [5.74, 6) is 0.475. The highest BCUT2D eigenvalue weighted by Crippen LogP contribution is 2.49. The molecular formula is C42H59ClN4O6S. The lowest BCUT2D eigenvalue weighted by atomic mass is 9.63. The second kappa shape index (κ2) is 16.4. The smallest absolute Gasteiger partial charge is 0.264 e. The van der Waals surface area contributed by atoms with E-state index in [4.69, 9.17) is 25.8 Å². The van der Waals surface area contributed by atoms with Gasteiger partial charge in [-0.3, -0.25) is 9.69 Å². The van der Waals surface area contributed by atoms with Gasteiger partial charge in [-0.2, -0.15) is 0 Å². The van der Waals surface area contributed by atoms with Crippen molar-refractivity contribution < 1.29 is 27.4 Å². The van der Waals surface area contributed by atoms with Crippen molar-refractivity contribution in [3.63, 3.8) is 0 Å². The van der Waals surface area contributed by atoms with Gasteiger partial charge in [-0.25, -0.2) is 13.1 Å². The van der Waals surface area contributed by atoms with Crippen LogP contribution in [-0.2, 0) is 31.3 Å². The predicted octanol–water partition coefficient (Wildman–Crippen LogP) is 5.92. The van der Waals surface area contributed by atoms with Crippen LogP contribution in [0.25, 0.3) is 0 Å². The first-order chi connectivity index (χ1) is 26.0. The van der Waals surface area contributed by atoms with Gasteiger partial charge < -0.3 is 24.0 Å². The van der Waals surface area contributed by atoms with Crippen LogP contribution in [0.1, 0.15) is 73.9 Å². The van der Waals surface area contributed by atoms with Gasteiger partial charge in [0.2, 0.25) is 10.0 Å². The monoisotopic (exact) mass is 782 g/mol. The fraction of sp³-hybridized carbons (Fsp3) is 0.643. The summed E-state index contributed by atoms with van der Waals surface area (Å²) in [6.07, 6.45) is 11.1. The Bertz CT molecular complexity index is 1800. The van der Waals surface area contributed by atoms with Crippen molar-refractivity contribution >= 4 is 33.2 Å². The number of halogens is 1. The molecule has 0 radical (unpaired) electrons. The van der Waals surface area contributed by atoms with E-state index in [0.717, 1.165) is 108 Å². The maximum Gasteiger partial charge on any atom is 0.264 e. The third kappa shape index (κ3) is 8.09. The number of allylic oxidation sites excluding steroid dienone is 1. The highest BCUT2D eigenvalue weighted by molar-refractivity contribution is 7.90. The van der Waals surface area contributed by atoms with Crippen LogP contribution in [0.3, 0.4) is 0 Å². The predicted molar refractivity (Wildman–Crippen MR) is 214 cm³/mol. The number of carbonyl (C=O) groups is 1. The van der Waals surface area contributed by atoms with E-state index in [9.17, 15) is 13.2 Å². The molecule has 12 heteroatoms. The number of methoxy groups -OCH3 is 2. The van der Waals surface area contributed by atoms with Crippen LogP contribution in [0.2, 0.25) is 5.02 Å². The lowest BCUT2D eigenvalue weighted by Gasteiger charge is -2.52. The Labute approximate surface area is 327 Å². The van der Waals surface area contributed by atoms with Crippen LogP contribution in [-0.4, -0.2) is 115 Å². The number of benzene rings is 2. The van der Waals surface area contributed by atoms with Crippen LogP contribution < -0.4 is 14.4 Å². The SMILES string of the molecule is COCCCN1CCN(C[C@]2(OC)/C=C\C[C@H](C)[C@@H](C)S(=O)(=O)NC(=O)c3ccc4c(c3)N(C[C@@H]3CC[C@H]32)C[C@@]2(CCCc3cc(Cl)ccc32)CO4)CC1. The van der Waals surface area contributed by atoms with E-state index in [-0.39, 0.29) is 17.3 Å². The molecule has 54 heavy (non-hydrogen) atoms. The number of nitrogens with zero attached hydrogens (tertiary/aromatic N) is 3. The second-order valence-corrected chi connectivity index (χ2v) is 19.1. The minimum atomic E-state index is -3.96. The fourth-order valence-corrected chi connectivity index (χ4v) is 11.2. The molecule has 1 amide bonds. The molecular weight excluding hydrogens is 724 g/mol. The number of piperazine rings is 1. The summed E-state index contributed by atoms with van der Waals surface area (Å²) < 4.78 is 48.4. The number of carbonyl (C=O) groups excluding carboxylic acids is 1. The van der Waals surface area contributed by atoms with Gasteiger partial charge in [0, 0.05) is 89.2 Å². The largest absolute Gasteiger partial charge is 0.490 e. The maximum absolute atomic E-state index is 13.7. The molecule has 2 bridgehead atoms. The molecule has 1 saturated carbocycles. The van der Waals surface area contributed by atoms with Gasteiger partial charge in [-0.1, -0.05) is 36.7 Å². The molecule has 1 saturated heterocycles. The third-order valence-corrected chi connectivity index (χ3v) is 15.5. The number of fused-ring (bicyclic) bond motifs is 4. The van der Waals surface area contributed by atoms with E-state index >= 15 is 0 Å². The van der Waals surface area contributed by atoms with Gasteiger partial charge >= 0.3 is 0 Å². The molecule has 2 aliphatic carbocycles. The topological polar surface area (TPSA) is 101 Å². The summed E-state index contributed by atoms with van der Waals surface area (Å²) in [5, 5.41) is -0.0317. The minimum Gasteiger partial charge on any atom is -0.490 e. The standard InChI is InChI=1S/C42H59ClN4O6S/c1-30-8-5-17-42(52-4,28-46-21-19-45(20-22-46)18-7-23-51-3)37-13-10-34(37)26-47-27-41(16-6-9-32-24-35(43)12-14-36(32)41)29-53-39-15-11-33(25-38(39)47)40(48)44-54(49,50)31(30)2/h5,11-12,14-15,17,24-25,30-31,34,37H,6-10,13,16,18-23,26-29H2,1-4H3,(H,44,48)/b17-5-/t30-,31+,34-,37+,41-,42+/m0/s1. The van der Waals surface area contributed by atoms with Crippen molar-refractivity contribution in [3.05, 3.63) is 70.3 Å². The molecule has 3 aliphatic heterocycles. The Morgan fingerprint density at radius 3 is 2.57 bits per heavy atom. The van der Waals surface area contributed by atoms with Crippen LogP contribution >= 0.6 is 11.6 Å². The van der Waals surface area contributed by atoms with E-state index in [1.807, 2.05) is 32.2 Å². The van der Waals surface area contributed by atoms with Gasteiger partial charge in [0.15, 0.2) is 0 Å². The van der Waals surface area contributed by atoms with Gasteiger partial charge in [-0.05, 0) is 111 Å². The Balaban J connectivity index is 1.25. The van der Waals surface area contributed by atoms with Gasteiger partial charge in [0.05, 0.1) is 17.5 Å². The molecule has 296 valence electrons. The second-order valence-electron chi connectivity index (χ2n) is 16.7. The van der Waals surface area contributed by atoms with Crippen molar-refractivity contribution in [1.29, 1.82) is 0 Å². The number of aryl methyl sites for hydroxylation is 1. The van der Waals surface area contributed by atoms with Gasteiger partial charge in [0.25, 0.3) is 5.91 Å². The first-order valence-corrected chi connectivity index (χ1v) is 21.9. The third-order valence-electron chi connectivity index (χ3n) is 13.4. The first kappa shape index (κ1) is 39.6. The maximum atomic E-state index is 13.7. The Morgan fingerprint density at radius 2 is 1.83 bits per heavy atom. The number of anilines is 1. The van der Waals surface area contributed by atoms with Crippen LogP contribution in [0.4, 0.5) is 5.69 Å². The van der Waals surface area contributed by atoms with E-state index < -0.39 is 26.8 Å². The number of nitrogens with one attached hydrogen (secondary N) is 1. The van der Waals surface area contributed by atoms with E-state index in [0.29, 0.717) is 30.3 Å². The first-order valence-electron chi connectivity index (χ1n) is 20.0. The number of ether oxygens (including phenoxy) is 3. The summed E-state index contributed by atoms with van der Waals surface area (Å²) in [7, 11) is -0.344. The van der Waals surface area contributed by atoms with E-state index in [1.165, 1.54) is 11.1 Å². The average Bonchev–Trinajstić information content (AvgIpc) is 3.29. The minimum absolute atomic E-state index is 0.220. The summed E-state index contributed by atoms with van der Waals surface area (Å²) in [6.45, 7) is 12.2. The summed E-state index contributed by atoms with van der Waals surface area (Å²) >= 11 is 6.51. The number of rotatable bonds is 7. The molecule has 10 nitrogen and oxygen atoms in total. The normalized spacial score (nSPS) is 32.4. The highest BCUT2D eigenvalue weighted by Gasteiger charge is 2.50. The lowest BCUT2D eigenvalue weighted by molar-refractivity contribution is -0.0955. The van der Waals surface area contributed by atoms with Crippen LogP contribution in [0.15, 0.2) is 48.6 Å². The zero-order valence-corrected chi connectivity index (χ0v) is 34.1. The molecule has 6 atom stereocenters. The number of hydrogen-bond donors (Lipinski definition) is 1. The van der Waals surface area contributed by atoms with E-state index in [2.05, 4.69) is 43.7 Å². The summed E-state index contributed by atoms with van der Waals surface area (Å²) in [4.78, 5) is 21.2. The summed E-state index contributed by atoms with van der Waals surface area (Å²) in [6, 6.07) is 11.7. The van der Waals surface area contributed by atoms with Crippen molar-refractivity contribution in [2.45, 2.75) is 75.1 Å². The highest BCUT2D eigenvalue weighted by atomic mass is 35.5. The fourth-order valence-electron chi connectivity index (χ4n) is 9.76. The van der Waals surface area contributed by atoms with Crippen molar-refractivity contribution in [2.75, 3.05) is 84.7 Å². The Hall–Kier alpha value is -2.67. The van der Waals surface area contributed by atoms with Crippen LogP contribution in [0.5, 0.6) is 5.75 Å². The molecule has 5 aliphatic rings. The molecule has 0 unspecified atom stereocenters. The zero-order valence-electron chi connectivity index (χ0n) is 32.5. The molecule has 1 spiro atoms.